The fourth-order valence-corrected chi connectivity index (χ4v) is 5.04. The Hall–Kier alpha value is -4.63. The molecule has 1 N–H and O–H groups in total. The lowest BCUT2D eigenvalue weighted by Crippen LogP contribution is -2.42. The summed E-state index contributed by atoms with van der Waals surface area (Å²) in [6.07, 6.45) is 3.55. The van der Waals surface area contributed by atoms with Crippen molar-refractivity contribution >= 4 is 17.8 Å². The van der Waals surface area contributed by atoms with E-state index in [0.29, 0.717) is 36.2 Å². The van der Waals surface area contributed by atoms with E-state index in [4.69, 9.17) is 19.2 Å². The van der Waals surface area contributed by atoms with Crippen molar-refractivity contribution in [3.05, 3.63) is 89.6 Å². The molecular weight excluding hydrogens is 520 g/mol. The molecule has 3 heterocycles. The molecule has 0 radical (unpaired) electrons. The summed E-state index contributed by atoms with van der Waals surface area (Å²) in [5, 5.41) is 2.96. The highest BCUT2D eigenvalue weighted by Gasteiger charge is 2.27. The number of rotatable bonds is 8. The fourth-order valence-electron chi connectivity index (χ4n) is 5.04. The highest BCUT2D eigenvalue weighted by molar-refractivity contribution is 5.99. The summed E-state index contributed by atoms with van der Waals surface area (Å²) in [6, 6.07) is 21.1. The monoisotopic (exact) mass is 552 g/mol. The number of carbonyl (C=O) groups excluding carboxylic acids is 2. The van der Waals surface area contributed by atoms with Gasteiger partial charge in [0.25, 0.3) is 5.91 Å². The third-order valence-electron chi connectivity index (χ3n) is 7.31. The number of hydrogen-bond donors (Lipinski definition) is 1. The van der Waals surface area contributed by atoms with E-state index >= 15 is 0 Å². The topological polar surface area (TPSA) is 94.9 Å². The molecule has 1 fully saturated rings. The lowest BCUT2D eigenvalue weighted by Gasteiger charge is -2.25. The molecule has 1 saturated heterocycles. The van der Waals surface area contributed by atoms with Crippen LogP contribution in [0.5, 0.6) is 11.5 Å². The number of aromatic nitrogens is 2. The number of imidazole rings is 1. The molecule has 0 saturated carbocycles. The van der Waals surface area contributed by atoms with Crippen LogP contribution in [0.2, 0.25) is 0 Å². The second-order valence-corrected chi connectivity index (χ2v) is 10.5. The van der Waals surface area contributed by atoms with Crippen LogP contribution in [0.3, 0.4) is 0 Å². The first-order valence-electron chi connectivity index (χ1n) is 13.8. The standard InChI is InChI=1S/C32H32N4O5/c1-21-5-9-23(10-6-21)27-18-36(25-12-7-22(2)8-13-25)32(33-27)34-30(37)19-35(17-26-4-3-15-39-26)31(38)24-11-14-28-29(16-24)41-20-40-28/h5-14,16,18,26H,3-4,15,17,19-20H2,1-2H3,(H,33,34,37)/t26-/m0/s1. The zero-order valence-electron chi connectivity index (χ0n) is 23.1. The average molecular weight is 553 g/mol. The Morgan fingerprint density at radius 2 is 1.71 bits per heavy atom. The highest BCUT2D eigenvalue weighted by atomic mass is 16.7. The van der Waals surface area contributed by atoms with Crippen molar-refractivity contribution in [2.24, 2.45) is 0 Å². The maximum absolute atomic E-state index is 13.6. The van der Waals surface area contributed by atoms with E-state index in [1.165, 1.54) is 4.90 Å². The third-order valence-corrected chi connectivity index (χ3v) is 7.31. The number of benzene rings is 3. The summed E-state index contributed by atoms with van der Waals surface area (Å²) in [7, 11) is 0. The van der Waals surface area contributed by atoms with Crippen LogP contribution in [0.1, 0.15) is 34.3 Å². The molecule has 2 aliphatic rings. The molecular formula is C32H32N4O5. The van der Waals surface area contributed by atoms with Gasteiger partial charge >= 0.3 is 0 Å². The van der Waals surface area contributed by atoms with Crippen LogP contribution in [0.25, 0.3) is 16.9 Å². The van der Waals surface area contributed by atoms with Gasteiger partial charge in [0.1, 0.15) is 6.54 Å². The van der Waals surface area contributed by atoms with E-state index in [9.17, 15) is 9.59 Å². The molecule has 9 nitrogen and oxygen atoms in total. The lowest BCUT2D eigenvalue weighted by molar-refractivity contribution is -0.117. The van der Waals surface area contributed by atoms with Gasteiger partial charge in [-0.05, 0) is 57.0 Å². The molecule has 0 unspecified atom stereocenters. The number of anilines is 1. The Kier molecular flexibility index (Phi) is 7.43. The molecule has 2 amide bonds. The van der Waals surface area contributed by atoms with Crippen LogP contribution in [0.15, 0.2) is 72.9 Å². The van der Waals surface area contributed by atoms with E-state index in [1.807, 2.05) is 73.1 Å². The summed E-state index contributed by atoms with van der Waals surface area (Å²) < 4.78 is 18.5. The minimum atomic E-state index is -0.355. The normalized spacial score (nSPS) is 15.6. The van der Waals surface area contributed by atoms with Gasteiger partial charge in [0, 0.05) is 36.2 Å². The summed E-state index contributed by atoms with van der Waals surface area (Å²) in [5.41, 5.74) is 5.24. The summed E-state index contributed by atoms with van der Waals surface area (Å²) in [6.45, 7) is 4.98. The maximum atomic E-state index is 13.6. The number of amides is 2. The number of nitrogens with zero attached hydrogens (tertiary/aromatic N) is 3. The van der Waals surface area contributed by atoms with Crippen molar-refractivity contribution in [2.45, 2.75) is 32.8 Å². The number of carbonyl (C=O) groups is 2. The third kappa shape index (κ3) is 5.95. The average Bonchev–Trinajstić information content (AvgIpc) is 3.74. The molecule has 0 aliphatic carbocycles. The van der Waals surface area contributed by atoms with Gasteiger partial charge in [-0.1, -0.05) is 47.5 Å². The van der Waals surface area contributed by atoms with Crippen molar-refractivity contribution < 1.29 is 23.8 Å². The van der Waals surface area contributed by atoms with E-state index in [-0.39, 0.29) is 31.3 Å². The highest BCUT2D eigenvalue weighted by Crippen LogP contribution is 2.33. The lowest BCUT2D eigenvalue weighted by atomic mass is 10.1. The number of aryl methyl sites for hydroxylation is 2. The molecule has 4 aromatic rings. The molecule has 1 atom stereocenters. The van der Waals surface area contributed by atoms with Gasteiger partial charge in [-0.15, -0.1) is 0 Å². The quantitative estimate of drug-likeness (QED) is 0.325. The first-order valence-corrected chi connectivity index (χ1v) is 13.8. The smallest absolute Gasteiger partial charge is 0.254 e. The zero-order chi connectivity index (χ0) is 28.3. The Morgan fingerprint density at radius 1 is 0.976 bits per heavy atom. The van der Waals surface area contributed by atoms with Gasteiger partial charge in [0.2, 0.25) is 18.6 Å². The van der Waals surface area contributed by atoms with Crippen molar-refractivity contribution in [1.82, 2.24) is 14.5 Å². The SMILES string of the molecule is Cc1ccc(-c2cn(-c3ccc(C)cc3)c(NC(=O)CN(C[C@@H]3CCCO3)C(=O)c3ccc4c(c3)OCO4)n2)cc1. The Bertz CT molecular complexity index is 1560. The predicted molar refractivity (Wildman–Crippen MR) is 155 cm³/mol. The van der Waals surface area contributed by atoms with Crippen LogP contribution in [-0.4, -0.2) is 58.9 Å². The summed E-state index contributed by atoms with van der Waals surface area (Å²) in [4.78, 5) is 33.4. The molecule has 1 aromatic heterocycles. The van der Waals surface area contributed by atoms with Gasteiger partial charge < -0.3 is 19.1 Å². The van der Waals surface area contributed by atoms with E-state index in [1.54, 1.807) is 18.2 Å². The maximum Gasteiger partial charge on any atom is 0.254 e. The minimum Gasteiger partial charge on any atom is -0.454 e. The van der Waals surface area contributed by atoms with Crippen LogP contribution >= 0.6 is 0 Å². The first-order chi connectivity index (χ1) is 19.9. The minimum absolute atomic E-state index is 0.118. The second kappa shape index (κ2) is 11.5. The summed E-state index contributed by atoms with van der Waals surface area (Å²) in [5.74, 6) is 0.850. The molecule has 3 aromatic carbocycles. The zero-order valence-corrected chi connectivity index (χ0v) is 23.1. The van der Waals surface area contributed by atoms with Gasteiger partial charge in [-0.25, -0.2) is 4.98 Å². The molecule has 6 rings (SSSR count). The molecule has 2 aliphatic heterocycles. The number of hydrogen-bond acceptors (Lipinski definition) is 6. The van der Waals surface area contributed by atoms with Crippen molar-refractivity contribution in [1.29, 1.82) is 0 Å². The molecule has 9 heteroatoms. The van der Waals surface area contributed by atoms with E-state index < -0.39 is 0 Å². The predicted octanol–water partition coefficient (Wildman–Crippen LogP) is 5.14. The van der Waals surface area contributed by atoms with Crippen LogP contribution < -0.4 is 14.8 Å². The fraction of sp³-hybridized carbons (Fsp3) is 0.281. The van der Waals surface area contributed by atoms with Crippen LogP contribution in [-0.2, 0) is 9.53 Å². The van der Waals surface area contributed by atoms with Crippen LogP contribution in [0.4, 0.5) is 5.95 Å². The molecule has 0 spiro atoms. The molecule has 210 valence electrons. The largest absolute Gasteiger partial charge is 0.454 e. The van der Waals surface area contributed by atoms with Gasteiger partial charge in [-0.3, -0.25) is 19.5 Å². The van der Waals surface area contributed by atoms with Crippen molar-refractivity contribution in [3.8, 4) is 28.4 Å². The van der Waals surface area contributed by atoms with Gasteiger partial charge in [-0.2, -0.15) is 0 Å². The summed E-state index contributed by atoms with van der Waals surface area (Å²) >= 11 is 0. The van der Waals surface area contributed by atoms with Gasteiger partial charge in [0.15, 0.2) is 11.5 Å². The van der Waals surface area contributed by atoms with Crippen molar-refractivity contribution in [2.75, 3.05) is 31.8 Å². The number of fused-ring (bicyclic) bond motifs is 1. The Labute approximate surface area is 238 Å². The first kappa shape index (κ1) is 26.6. The Balaban J connectivity index is 1.26. The van der Waals surface area contributed by atoms with Crippen molar-refractivity contribution in [3.63, 3.8) is 0 Å². The second-order valence-electron chi connectivity index (χ2n) is 10.5. The van der Waals surface area contributed by atoms with E-state index in [2.05, 4.69) is 5.32 Å². The Morgan fingerprint density at radius 3 is 2.44 bits per heavy atom. The number of ether oxygens (including phenoxy) is 3. The van der Waals surface area contributed by atoms with Crippen LogP contribution in [0, 0.1) is 13.8 Å². The number of nitrogens with one attached hydrogen (secondary N) is 1. The molecule has 41 heavy (non-hydrogen) atoms. The van der Waals surface area contributed by atoms with Gasteiger partial charge in [0.05, 0.1) is 11.8 Å². The molecule has 0 bridgehead atoms. The van der Waals surface area contributed by atoms with E-state index in [0.717, 1.165) is 40.9 Å².